The van der Waals surface area contributed by atoms with Gasteiger partial charge in [-0.05, 0) is 6.92 Å². The van der Waals surface area contributed by atoms with Gasteiger partial charge in [-0.2, -0.15) is 0 Å². The Morgan fingerprint density at radius 3 is 2.37 bits per heavy atom. The summed E-state index contributed by atoms with van der Waals surface area (Å²) in [5, 5.41) is 3.24. The first kappa shape index (κ1) is 13.4. The molecule has 0 aliphatic rings. The van der Waals surface area contributed by atoms with Crippen LogP contribution < -0.4 is 5.32 Å². The molecule has 0 fully saturated rings. The Hall–Kier alpha value is -2.04. The van der Waals surface area contributed by atoms with Gasteiger partial charge in [-0.3, -0.25) is 0 Å². The van der Waals surface area contributed by atoms with E-state index in [-0.39, 0.29) is 5.41 Å². The lowest BCUT2D eigenvalue weighted by Crippen LogP contribution is -2.17. The Balaban J connectivity index is 2.52. The summed E-state index contributed by atoms with van der Waals surface area (Å²) >= 11 is 0. The standard InChI is InChI=1S/C14H19N5/c1-5-17-12-6-11(10-7-15-9-16-8-10)18-13(19-12)14(2,3)4/h6-9H,5H2,1-4H3,(H,17,18,19). The zero-order valence-corrected chi connectivity index (χ0v) is 11.8. The lowest BCUT2D eigenvalue weighted by molar-refractivity contribution is 0.546. The third-order valence-corrected chi connectivity index (χ3v) is 2.61. The van der Waals surface area contributed by atoms with Crippen LogP contribution in [0.2, 0.25) is 0 Å². The predicted octanol–water partition coefficient (Wildman–Crippen LogP) is 2.66. The monoisotopic (exact) mass is 257 g/mol. The van der Waals surface area contributed by atoms with Crippen LogP contribution in [0.15, 0.2) is 24.8 Å². The molecule has 0 aromatic carbocycles. The maximum Gasteiger partial charge on any atom is 0.136 e. The van der Waals surface area contributed by atoms with E-state index in [1.165, 1.54) is 6.33 Å². The number of nitrogens with zero attached hydrogens (tertiary/aromatic N) is 4. The average molecular weight is 257 g/mol. The molecular formula is C14H19N5. The maximum absolute atomic E-state index is 4.63. The van der Waals surface area contributed by atoms with Crippen LogP contribution >= 0.6 is 0 Å². The van der Waals surface area contributed by atoms with Crippen LogP contribution in [0, 0.1) is 0 Å². The lowest BCUT2D eigenvalue weighted by atomic mass is 9.95. The number of rotatable bonds is 3. The molecule has 0 saturated heterocycles. The molecule has 0 radical (unpaired) electrons. The molecule has 0 saturated carbocycles. The minimum atomic E-state index is -0.101. The highest BCUT2D eigenvalue weighted by molar-refractivity contribution is 5.60. The van der Waals surface area contributed by atoms with Crippen LogP contribution in [0.4, 0.5) is 5.82 Å². The number of hydrogen-bond donors (Lipinski definition) is 1. The second kappa shape index (κ2) is 5.30. The highest BCUT2D eigenvalue weighted by Gasteiger charge is 2.19. The number of nitrogens with one attached hydrogen (secondary N) is 1. The van der Waals surface area contributed by atoms with Gasteiger partial charge in [0, 0.05) is 36.0 Å². The molecule has 2 heterocycles. The molecule has 1 N–H and O–H groups in total. The van der Waals surface area contributed by atoms with E-state index in [1.807, 2.05) is 13.0 Å². The highest BCUT2D eigenvalue weighted by atomic mass is 15.0. The lowest BCUT2D eigenvalue weighted by Gasteiger charge is -2.18. The van der Waals surface area contributed by atoms with Crippen LogP contribution in [0.25, 0.3) is 11.3 Å². The first-order valence-corrected chi connectivity index (χ1v) is 6.39. The summed E-state index contributed by atoms with van der Waals surface area (Å²) in [6, 6.07) is 1.93. The largest absolute Gasteiger partial charge is 0.370 e. The van der Waals surface area contributed by atoms with Crippen LogP contribution in [0.5, 0.6) is 0 Å². The molecule has 100 valence electrons. The molecule has 2 aromatic rings. The van der Waals surface area contributed by atoms with E-state index in [0.29, 0.717) is 0 Å². The van der Waals surface area contributed by atoms with E-state index in [2.05, 4.69) is 46.0 Å². The third-order valence-electron chi connectivity index (χ3n) is 2.61. The normalized spacial score (nSPS) is 11.4. The van der Waals surface area contributed by atoms with Crippen molar-refractivity contribution in [2.24, 2.45) is 0 Å². The molecule has 0 aliphatic carbocycles. The van der Waals surface area contributed by atoms with Gasteiger partial charge in [0.05, 0.1) is 5.69 Å². The fraction of sp³-hybridized carbons (Fsp3) is 0.429. The average Bonchev–Trinajstić information content (AvgIpc) is 2.39. The predicted molar refractivity (Wildman–Crippen MR) is 75.9 cm³/mol. The minimum Gasteiger partial charge on any atom is -0.370 e. The summed E-state index contributed by atoms with van der Waals surface area (Å²) < 4.78 is 0. The summed E-state index contributed by atoms with van der Waals surface area (Å²) in [5.41, 5.74) is 1.64. The molecule has 0 aliphatic heterocycles. The number of anilines is 1. The number of hydrogen-bond acceptors (Lipinski definition) is 5. The summed E-state index contributed by atoms with van der Waals surface area (Å²) in [6.45, 7) is 9.17. The van der Waals surface area contributed by atoms with Crippen molar-refractivity contribution < 1.29 is 0 Å². The van der Waals surface area contributed by atoms with E-state index in [9.17, 15) is 0 Å². The van der Waals surface area contributed by atoms with E-state index in [4.69, 9.17) is 0 Å². The van der Waals surface area contributed by atoms with E-state index >= 15 is 0 Å². The number of aromatic nitrogens is 4. The van der Waals surface area contributed by atoms with Gasteiger partial charge in [0.15, 0.2) is 0 Å². The van der Waals surface area contributed by atoms with Gasteiger partial charge in [0.2, 0.25) is 0 Å². The van der Waals surface area contributed by atoms with Gasteiger partial charge in [0.25, 0.3) is 0 Å². The van der Waals surface area contributed by atoms with Gasteiger partial charge < -0.3 is 5.32 Å². The molecule has 0 unspecified atom stereocenters. The summed E-state index contributed by atoms with van der Waals surface area (Å²) in [7, 11) is 0. The first-order chi connectivity index (χ1) is 9.00. The van der Waals surface area contributed by atoms with Crippen LogP contribution in [-0.2, 0) is 5.41 Å². The Morgan fingerprint density at radius 2 is 1.79 bits per heavy atom. The zero-order valence-electron chi connectivity index (χ0n) is 11.8. The van der Waals surface area contributed by atoms with Crippen molar-refractivity contribution in [1.82, 2.24) is 19.9 Å². The van der Waals surface area contributed by atoms with Crippen molar-refractivity contribution in [3.8, 4) is 11.3 Å². The smallest absolute Gasteiger partial charge is 0.136 e. The van der Waals surface area contributed by atoms with Crippen LogP contribution in [0.1, 0.15) is 33.5 Å². The van der Waals surface area contributed by atoms with Crippen LogP contribution in [0.3, 0.4) is 0 Å². The van der Waals surface area contributed by atoms with Gasteiger partial charge in [0.1, 0.15) is 18.0 Å². The molecule has 0 spiro atoms. The second-order valence-corrected chi connectivity index (χ2v) is 5.37. The molecule has 5 heteroatoms. The minimum absolute atomic E-state index is 0.101. The highest BCUT2D eigenvalue weighted by Crippen LogP contribution is 2.24. The van der Waals surface area contributed by atoms with Crippen molar-refractivity contribution in [3.05, 3.63) is 30.6 Å². The second-order valence-electron chi connectivity index (χ2n) is 5.37. The summed E-state index contributed by atoms with van der Waals surface area (Å²) in [6.07, 6.45) is 5.04. The van der Waals surface area contributed by atoms with Crippen molar-refractivity contribution >= 4 is 5.82 Å². The molecule has 0 amide bonds. The molecule has 2 rings (SSSR count). The Labute approximate surface area is 113 Å². The summed E-state index contributed by atoms with van der Waals surface area (Å²) in [5.74, 6) is 1.64. The molecule has 5 nitrogen and oxygen atoms in total. The molecular weight excluding hydrogens is 238 g/mol. The SMILES string of the molecule is CCNc1cc(-c2cncnc2)nc(C(C)(C)C)n1. The molecule has 0 bridgehead atoms. The van der Waals surface area contributed by atoms with Crippen molar-refractivity contribution in [2.75, 3.05) is 11.9 Å². The first-order valence-electron chi connectivity index (χ1n) is 6.39. The van der Waals surface area contributed by atoms with Gasteiger partial charge >= 0.3 is 0 Å². The van der Waals surface area contributed by atoms with Crippen LogP contribution in [-0.4, -0.2) is 26.5 Å². The van der Waals surface area contributed by atoms with Gasteiger partial charge in [-0.15, -0.1) is 0 Å². The van der Waals surface area contributed by atoms with E-state index < -0.39 is 0 Å². The zero-order chi connectivity index (χ0) is 13.9. The van der Waals surface area contributed by atoms with E-state index in [1.54, 1.807) is 12.4 Å². The molecule has 19 heavy (non-hydrogen) atoms. The van der Waals surface area contributed by atoms with Gasteiger partial charge in [-0.1, -0.05) is 20.8 Å². The fourth-order valence-corrected chi connectivity index (χ4v) is 1.63. The van der Waals surface area contributed by atoms with Crippen molar-refractivity contribution in [3.63, 3.8) is 0 Å². The topological polar surface area (TPSA) is 63.6 Å². The quantitative estimate of drug-likeness (QED) is 0.915. The fourth-order valence-electron chi connectivity index (χ4n) is 1.63. The molecule has 0 atom stereocenters. The Bertz CT molecular complexity index is 546. The summed E-state index contributed by atoms with van der Waals surface area (Å²) in [4.78, 5) is 17.3. The van der Waals surface area contributed by atoms with Gasteiger partial charge in [-0.25, -0.2) is 19.9 Å². The van der Waals surface area contributed by atoms with Crippen molar-refractivity contribution in [1.29, 1.82) is 0 Å². The van der Waals surface area contributed by atoms with E-state index in [0.717, 1.165) is 29.4 Å². The van der Waals surface area contributed by atoms with Crippen molar-refractivity contribution in [2.45, 2.75) is 33.1 Å². The third kappa shape index (κ3) is 3.24. The Kier molecular flexibility index (Phi) is 3.74. The maximum atomic E-state index is 4.63. The Morgan fingerprint density at radius 1 is 1.11 bits per heavy atom. The molecule has 2 aromatic heterocycles.